The van der Waals surface area contributed by atoms with E-state index in [4.69, 9.17) is 0 Å². The van der Waals surface area contributed by atoms with Crippen molar-refractivity contribution < 1.29 is 13.0 Å². The van der Waals surface area contributed by atoms with Gasteiger partial charge in [-0.3, -0.25) is 0 Å². The van der Waals surface area contributed by atoms with Gasteiger partial charge in [-0.15, -0.1) is 4.83 Å². The normalized spacial score (nSPS) is 14.0. The monoisotopic (exact) mass is 484 g/mol. The Balaban J connectivity index is 2.06. The van der Waals surface area contributed by atoms with E-state index in [1.165, 1.54) is 0 Å². The van der Waals surface area contributed by atoms with E-state index >= 15 is 4.57 Å². The zero-order valence-corrected chi connectivity index (χ0v) is 21.2. The largest absolute Gasteiger partial charge is 0.312 e. The molecule has 0 bridgehead atoms. The van der Waals surface area contributed by atoms with Crippen molar-refractivity contribution in [3.05, 3.63) is 90.5 Å². The lowest BCUT2D eigenvalue weighted by molar-refractivity contribution is 0.401. The second-order valence-electron chi connectivity index (χ2n) is 8.55. The zero-order valence-electron chi connectivity index (χ0n) is 19.5. The maximum Gasteiger partial charge on any atom is 0.253 e. The average molecular weight is 485 g/mol. The predicted octanol–water partition coefficient (Wildman–Crippen LogP) is 5.09. The first-order chi connectivity index (χ1) is 15.7. The highest BCUT2D eigenvalue weighted by molar-refractivity contribution is 7.89. The van der Waals surface area contributed by atoms with Gasteiger partial charge < -0.3 is 4.57 Å². The van der Waals surface area contributed by atoms with Gasteiger partial charge in [-0.25, -0.2) is 13.8 Å². The molecule has 7 heteroatoms. The van der Waals surface area contributed by atoms with Crippen LogP contribution in [0.2, 0.25) is 0 Å². The summed E-state index contributed by atoms with van der Waals surface area (Å²) in [4.78, 5) is 2.72. The molecule has 0 amide bonds. The molecule has 2 N–H and O–H groups in total. The lowest BCUT2D eigenvalue weighted by Crippen LogP contribution is -2.55. The van der Waals surface area contributed by atoms with Gasteiger partial charge in [-0.2, -0.15) is 0 Å². The number of nitrogens with one attached hydrogen (secondary N) is 2. The zero-order chi connectivity index (χ0) is 24.0. The number of rotatable bonds is 11. The molecule has 0 saturated carbocycles. The number of sulfonamides is 1. The minimum atomic E-state index is -3.85. The Morgan fingerprint density at radius 2 is 1.33 bits per heavy atom. The van der Waals surface area contributed by atoms with Crippen LogP contribution in [0.25, 0.3) is 0 Å². The number of unbranched alkanes of at least 4 members (excludes halogenated alkanes) is 2. The second kappa shape index (κ2) is 10.8. The molecular formula is C26H33N2O3PS. The van der Waals surface area contributed by atoms with Gasteiger partial charge in [0, 0.05) is 10.6 Å². The summed E-state index contributed by atoms with van der Waals surface area (Å²) < 4.78 is 41.1. The van der Waals surface area contributed by atoms with E-state index in [0.29, 0.717) is 17.0 Å². The van der Waals surface area contributed by atoms with Gasteiger partial charge in [0.15, 0.2) is 7.14 Å². The van der Waals surface area contributed by atoms with E-state index in [1.807, 2.05) is 74.5 Å². The summed E-state index contributed by atoms with van der Waals surface area (Å²) in [7, 11) is -7.16. The highest BCUT2D eigenvalue weighted by Crippen LogP contribution is 2.56. The maximum absolute atomic E-state index is 15.0. The van der Waals surface area contributed by atoms with E-state index in [-0.39, 0.29) is 4.90 Å². The molecule has 0 aromatic heterocycles. The average Bonchev–Trinajstić information content (AvgIpc) is 2.84. The number of hydrogen-bond acceptors (Lipinski definition) is 4. The Bertz CT molecular complexity index is 1140. The van der Waals surface area contributed by atoms with Gasteiger partial charge in [0.1, 0.15) is 0 Å². The molecule has 5 nitrogen and oxygen atoms in total. The van der Waals surface area contributed by atoms with Crippen LogP contribution in [0.3, 0.4) is 0 Å². The first kappa shape index (κ1) is 25.4. The summed E-state index contributed by atoms with van der Waals surface area (Å²) in [5, 5.41) is 0.345. The van der Waals surface area contributed by atoms with Gasteiger partial charge in [-0.05, 0) is 32.4 Å². The number of benzene rings is 3. The molecule has 1 unspecified atom stereocenters. The molecule has 33 heavy (non-hydrogen) atoms. The third kappa shape index (κ3) is 5.64. The quantitative estimate of drug-likeness (QED) is 0.226. The Kier molecular flexibility index (Phi) is 8.30. The van der Waals surface area contributed by atoms with Crippen LogP contribution in [0, 0.1) is 6.92 Å². The van der Waals surface area contributed by atoms with Crippen molar-refractivity contribution in [1.82, 2.24) is 10.3 Å². The van der Waals surface area contributed by atoms with Crippen molar-refractivity contribution >= 4 is 27.8 Å². The van der Waals surface area contributed by atoms with Gasteiger partial charge >= 0.3 is 0 Å². The first-order valence-electron chi connectivity index (χ1n) is 11.3. The summed E-state index contributed by atoms with van der Waals surface area (Å²) in [5.41, 5.74) is 4.02. The molecular weight excluding hydrogens is 451 g/mol. The highest BCUT2D eigenvalue weighted by atomic mass is 32.2. The molecule has 0 spiro atoms. The molecule has 0 aliphatic carbocycles. The minimum absolute atomic E-state index is 0.158. The van der Waals surface area contributed by atoms with Gasteiger partial charge in [-0.1, -0.05) is 105 Å². The van der Waals surface area contributed by atoms with Gasteiger partial charge in [0.2, 0.25) is 0 Å². The van der Waals surface area contributed by atoms with Crippen molar-refractivity contribution in [3.8, 4) is 0 Å². The Labute approximate surface area is 198 Å². The molecule has 3 rings (SSSR count). The summed E-state index contributed by atoms with van der Waals surface area (Å²) in [6.07, 6.45) is 3.33. The third-order valence-electron chi connectivity index (χ3n) is 5.99. The fourth-order valence-electron chi connectivity index (χ4n) is 3.97. The van der Waals surface area contributed by atoms with E-state index in [2.05, 4.69) is 17.2 Å². The van der Waals surface area contributed by atoms with Crippen molar-refractivity contribution in [3.63, 3.8) is 0 Å². The standard InChI is InChI=1S/C26H33N2O3PS/c1-4-5-12-21-26(3,27-28-33(30,31)25-19-17-22(2)18-20-25)32(29,23-13-8-6-9-14-23)24-15-10-7-11-16-24/h6-11,13-20,27-28H,4-5,12,21H2,1-3H3. The molecule has 0 heterocycles. The molecule has 0 radical (unpaired) electrons. The summed E-state index contributed by atoms with van der Waals surface area (Å²) >= 11 is 0. The molecule has 3 aromatic carbocycles. The lowest BCUT2D eigenvalue weighted by Gasteiger charge is -2.39. The fourth-order valence-corrected chi connectivity index (χ4v) is 8.32. The van der Waals surface area contributed by atoms with Gasteiger partial charge in [0.25, 0.3) is 10.0 Å². The van der Waals surface area contributed by atoms with Gasteiger partial charge in [0.05, 0.1) is 10.2 Å². The van der Waals surface area contributed by atoms with E-state index in [0.717, 1.165) is 24.8 Å². The maximum atomic E-state index is 15.0. The molecule has 0 saturated heterocycles. The van der Waals surface area contributed by atoms with Crippen LogP contribution in [0.1, 0.15) is 45.1 Å². The van der Waals surface area contributed by atoms with Crippen LogP contribution in [0.15, 0.2) is 89.8 Å². The molecule has 3 aromatic rings. The van der Waals surface area contributed by atoms with Crippen LogP contribution in [-0.4, -0.2) is 13.7 Å². The molecule has 0 aliphatic heterocycles. The van der Waals surface area contributed by atoms with Crippen molar-refractivity contribution in [1.29, 1.82) is 0 Å². The van der Waals surface area contributed by atoms with E-state index in [9.17, 15) is 8.42 Å². The first-order valence-corrected chi connectivity index (χ1v) is 14.5. The van der Waals surface area contributed by atoms with Crippen LogP contribution in [-0.2, 0) is 14.6 Å². The van der Waals surface area contributed by atoms with Crippen LogP contribution < -0.4 is 20.9 Å². The van der Waals surface area contributed by atoms with Crippen LogP contribution in [0.4, 0.5) is 0 Å². The van der Waals surface area contributed by atoms with Crippen molar-refractivity contribution in [2.45, 2.75) is 56.6 Å². The summed E-state index contributed by atoms with van der Waals surface area (Å²) in [6.45, 7) is 5.88. The third-order valence-corrected chi connectivity index (χ3v) is 11.0. The number of hydrogen-bond donors (Lipinski definition) is 2. The Morgan fingerprint density at radius 3 is 1.82 bits per heavy atom. The molecule has 0 fully saturated rings. The Hall–Kier alpha value is -2.24. The summed E-state index contributed by atoms with van der Waals surface area (Å²) in [6, 6.07) is 25.4. The van der Waals surface area contributed by atoms with Crippen LogP contribution in [0.5, 0.6) is 0 Å². The summed E-state index contributed by atoms with van der Waals surface area (Å²) in [5.74, 6) is 0. The topological polar surface area (TPSA) is 75.3 Å². The minimum Gasteiger partial charge on any atom is -0.312 e. The molecule has 176 valence electrons. The van der Waals surface area contributed by atoms with E-state index < -0.39 is 22.4 Å². The number of aryl methyl sites for hydroxylation is 1. The van der Waals surface area contributed by atoms with E-state index in [1.54, 1.807) is 24.3 Å². The lowest BCUT2D eigenvalue weighted by atomic mass is 10.1. The number of hydrazine groups is 1. The smallest absolute Gasteiger partial charge is 0.253 e. The van der Waals surface area contributed by atoms with Crippen molar-refractivity contribution in [2.24, 2.45) is 0 Å². The highest BCUT2D eigenvalue weighted by Gasteiger charge is 2.47. The fraction of sp³-hybridized carbons (Fsp3) is 0.308. The molecule has 0 aliphatic rings. The predicted molar refractivity (Wildman–Crippen MR) is 137 cm³/mol. The van der Waals surface area contributed by atoms with Crippen molar-refractivity contribution in [2.75, 3.05) is 0 Å². The molecule has 1 atom stereocenters. The second-order valence-corrected chi connectivity index (χ2v) is 13.5. The SMILES string of the molecule is CCCCCC(C)(NNS(=O)(=O)c1ccc(C)cc1)P(=O)(c1ccccc1)c1ccccc1. The Morgan fingerprint density at radius 1 is 0.818 bits per heavy atom. The van der Waals surface area contributed by atoms with Crippen LogP contribution >= 0.6 is 7.14 Å².